The van der Waals surface area contributed by atoms with Crippen molar-refractivity contribution < 1.29 is 4.74 Å². The summed E-state index contributed by atoms with van der Waals surface area (Å²) in [6.07, 6.45) is 0. The molecule has 0 aromatic heterocycles. The Hall–Kier alpha value is -0.490. The average molecular weight is 417 g/mol. The normalized spacial score (nSPS) is 10.6. The van der Waals surface area contributed by atoms with Crippen LogP contribution in [0.15, 0.2) is 56.3 Å². The lowest BCUT2D eigenvalue weighted by atomic mass is 10.2. The first-order valence-electron chi connectivity index (χ1n) is 6.19. The summed E-state index contributed by atoms with van der Waals surface area (Å²) < 4.78 is 7.69. The predicted octanol–water partition coefficient (Wildman–Crippen LogP) is 4.84. The molecule has 5 heteroatoms. The fourth-order valence-corrected chi connectivity index (χ4v) is 3.95. The number of hydrogen-bond donors (Lipinski definition) is 1. The average Bonchev–Trinajstić information content (AvgIpc) is 2.46. The van der Waals surface area contributed by atoms with Crippen molar-refractivity contribution in [3.05, 3.63) is 57.0 Å². The molecule has 0 aliphatic carbocycles. The smallest absolute Gasteiger partial charge is 0.147 e. The summed E-state index contributed by atoms with van der Waals surface area (Å²) in [5, 5.41) is 0. The summed E-state index contributed by atoms with van der Waals surface area (Å²) in [5.41, 5.74) is 6.70. The molecule has 2 nitrogen and oxygen atoms in total. The van der Waals surface area contributed by atoms with Crippen molar-refractivity contribution in [3.8, 4) is 5.75 Å². The Morgan fingerprint density at radius 2 is 1.70 bits per heavy atom. The highest BCUT2D eigenvalue weighted by Gasteiger charge is 2.08. The van der Waals surface area contributed by atoms with Crippen LogP contribution in [0.1, 0.15) is 5.56 Å². The van der Waals surface area contributed by atoms with E-state index in [0.717, 1.165) is 26.0 Å². The Balaban J connectivity index is 1.88. The lowest BCUT2D eigenvalue weighted by molar-refractivity contribution is 0.339. The summed E-state index contributed by atoms with van der Waals surface area (Å²) in [7, 11) is 0. The topological polar surface area (TPSA) is 35.2 Å². The number of halogens is 2. The molecule has 0 unspecified atom stereocenters. The zero-order valence-corrected chi connectivity index (χ0v) is 14.8. The summed E-state index contributed by atoms with van der Waals surface area (Å²) in [4.78, 5) is 1.26. The van der Waals surface area contributed by atoms with Crippen molar-refractivity contribution in [3.63, 3.8) is 0 Å². The van der Waals surface area contributed by atoms with E-state index in [9.17, 15) is 0 Å². The molecule has 0 saturated carbocycles. The molecule has 0 radical (unpaired) electrons. The number of ether oxygens (including phenoxy) is 1. The van der Waals surface area contributed by atoms with E-state index in [4.69, 9.17) is 10.5 Å². The molecule has 0 atom stereocenters. The Bertz CT molecular complexity index is 540. The molecule has 0 heterocycles. The van der Waals surface area contributed by atoms with E-state index in [1.807, 2.05) is 30.3 Å². The number of nitrogens with two attached hydrogens (primary N) is 1. The van der Waals surface area contributed by atoms with Gasteiger partial charge in [-0.25, -0.2) is 0 Å². The van der Waals surface area contributed by atoms with Crippen molar-refractivity contribution in [1.29, 1.82) is 0 Å². The van der Waals surface area contributed by atoms with Crippen LogP contribution in [-0.2, 0) is 6.54 Å². The molecular weight excluding hydrogens is 402 g/mol. The highest BCUT2D eigenvalue weighted by Crippen LogP contribution is 2.34. The lowest BCUT2D eigenvalue weighted by Crippen LogP contribution is -2.03. The van der Waals surface area contributed by atoms with E-state index in [1.165, 1.54) is 4.90 Å². The maximum absolute atomic E-state index is 5.83. The van der Waals surface area contributed by atoms with Crippen molar-refractivity contribution >= 4 is 43.6 Å². The standard InChI is InChI=1S/C15H15Br2NOS/c16-13-8-11(10-18)9-14(17)15(13)19-6-7-20-12-4-2-1-3-5-12/h1-5,8-9H,6-7,10,18H2. The molecule has 0 fully saturated rings. The van der Waals surface area contributed by atoms with Crippen LogP contribution in [0, 0.1) is 0 Å². The number of hydrogen-bond acceptors (Lipinski definition) is 3. The van der Waals surface area contributed by atoms with Gasteiger partial charge in [0.25, 0.3) is 0 Å². The van der Waals surface area contributed by atoms with Crippen LogP contribution in [0.2, 0.25) is 0 Å². The van der Waals surface area contributed by atoms with Crippen molar-refractivity contribution in [1.82, 2.24) is 0 Å². The molecular formula is C15H15Br2NOS. The van der Waals surface area contributed by atoms with Gasteiger partial charge in [0.2, 0.25) is 0 Å². The molecule has 2 N–H and O–H groups in total. The Morgan fingerprint density at radius 1 is 1.05 bits per heavy atom. The van der Waals surface area contributed by atoms with E-state index >= 15 is 0 Å². The quantitative estimate of drug-likeness (QED) is 0.540. The molecule has 2 rings (SSSR count). The zero-order chi connectivity index (χ0) is 14.4. The highest BCUT2D eigenvalue weighted by atomic mass is 79.9. The number of rotatable bonds is 6. The van der Waals surface area contributed by atoms with E-state index in [-0.39, 0.29) is 0 Å². The largest absolute Gasteiger partial charge is 0.490 e. The summed E-state index contributed by atoms with van der Waals surface area (Å²) >= 11 is 8.82. The minimum absolute atomic E-state index is 0.515. The Kier molecular flexibility index (Phi) is 6.42. The van der Waals surface area contributed by atoms with Crippen molar-refractivity contribution in [2.45, 2.75) is 11.4 Å². The van der Waals surface area contributed by atoms with Gasteiger partial charge in [0.1, 0.15) is 5.75 Å². The second-order valence-electron chi connectivity index (χ2n) is 4.10. The van der Waals surface area contributed by atoms with E-state index in [1.54, 1.807) is 11.8 Å². The van der Waals surface area contributed by atoms with Gasteiger partial charge >= 0.3 is 0 Å². The second kappa shape index (κ2) is 8.08. The molecule has 0 aliphatic heterocycles. The molecule has 0 spiro atoms. The molecule has 0 aliphatic rings. The molecule has 106 valence electrons. The SMILES string of the molecule is NCc1cc(Br)c(OCCSc2ccccc2)c(Br)c1. The maximum Gasteiger partial charge on any atom is 0.147 e. The lowest BCUT2D eigenvalue weighted by Gasteiger charge is -2.11. The molecule has 2 aromatic carbocycles. The molecule has 2 aromatic rings. The highest BCUT2D eigenvalue weighted by molar-refractivity contribution is 9.11. The third-order valence-electron chi connectivity index (χ3n) is 2.64. The van der Waals surface area contributed by atoms with Gasteiger partial charge in [-0.1, -0.05) is 18.2 Å². The second-order valence-corrected chi connectivity index (χ2v) is 6.98. The summed E-state index contributed by atoms with van der Waals surface area (Å²) in [6, 6.07) is 14.3. The van der Waals surface area contributed by atoms with Gasteiger partial charge in [-0.05, 0) is 61.7 Å². The van der Waals surface area contributed by atoms with Crippen LogP contribution < -0.4 is 10.5 Å². The Morgan fingerprint density at radius 3 is 2.30 bits per heavy atom. The first-order valence-corrected chi connectivity index (χ1v) is 8.76. The summed E-state index contributed by atoms with van der Waals surface area (Å²) in [5.74, 6) is 1.73. The van der Waals surface area contributed by atoms with Crippen LogP contribution in [0.5, 0.6) is 5.75 Å². The molecule has 0 bridgehead atoms. The van der Waals surface area contributed by atoms with Gasteiger partial charge in [-0.2, -0.15) is 0 Å². The van der Waals surface area contributed by atoms with Crippen LogP contribution in [-0.4, -0.2) is 12.4 Å². The van der Waals surface area contributed by atoms with Crippen molar-refractivity contribution in [2.75, 3.05) is 12.4 Å². The Labute approximate surface area is 140 Å². The third-order valence-corrected chi connectivity index (χ3v) is 4.79. The van der Waals surface area contributed by atoms with E-state index < -0.39 is 0 Å². The minimum Gasteiger partial charge on any atom is -0.490 e. The fraction of sp³-hybridized carbons (Fsp3) is 0.200. The molecule has 0 amide bonds. The predicted molar refractivity (Wildman–Crippen MR) is 92.4 cm³/mol. The van der Waals surface area contributed by atoms with Crippen LogP contribution in [0.3, 0.4) is 0 Å². The van der Waals surface area contributed by atoms with E-state index in [0.29, 0.717) is 13.2 Å². The monoisotopic (exact) mass is 415 g/mol. The maximum atomic E-state index is 5.83. The minimum atomic E-state index is 0.515. The van der Waals surface area contributed by atoms with Crippen LogP contribution >= 0.6 is 43.6 Å². The number of benzene rings is 2. The first-order chi connectivity index (χ1) is 9.70. The molecule has 20 heavy (non-hydrogen) atoms. The zero-order valence-electron chi connectivity index (χ0n) is 10.8. The third kappa shape index (κ3) is 4.52. The first kappa shape index (κ1) is 15.9. The van der Waals surface area contributed by atoms with Gasteiger partial charge < -0.3 is 10.5 Å². The molecule has 0 saturated heterocycles. The van der Waals surface area contributed by atoms with Gasteiger partial charge in [0.05, 0.1) is 15.6 Å². The van der Waals surface area contributed by atoms with Crippen molar-refractivity contribution in [2.24, 2.45) is 5.73 Å². The van der Waals surface area contributed by atoms with Gasteiger partial charge in [-0.15, -0.1) is 11.8 Å². The van der Waals surface area contributed by atoms with E-state index in [2.05, 4.69) is 44.0 Å². The van der Waals surface area contributed by atoms with Gasteiger partial charge in [-0.3, -0.25) is 0 Å². The fourth-order valence-electron chi connectivity index (χ4n) is 1.69. The number of thioether (sulfide) groups is 1. The van der Waals surface area contributed by atoms with Gasteiger partial charge in [0, 0.05) is 17.2 Å². The van der Waals surface area contributed by atoms with Crippen LogP contribution in [0.4, 0.5) is 0 Å². The van der Waals surface area contributed by atoms with Gasteiger partial charge in [0.15, 0.2) is 0 Å². The van der Waals surface area contributed by atoms with Crippen LogP contribution in [0.25, 0.3) is 0 Å². The summed E-state index contributed by atoms with van der Waals surface area (Å²) in [6.45, 7) is 1.17.